The molecule has 0 nitrogen and oxygen atoms in total. The molecule has 2 aliphatic rings. The summed E-state index contributed by atoms with van der Waals surface area (Å²) >= 11 is 0. The van der Waals surface area contributed by atoms with E-state index in [2.05, 4.69) is 55.5 Å². The Bertz CT molecular complexity index is 759. The largest absolute Gasteiger partial charge is 0.251 e. The van der Waals surface area contributed by atoms with Gasteiger partial charge in [-0.1, -0.05) is 81.1 Å². The summed E-state index contributed by atoms with van der Waals surface area (Å²) in [7, 11) is 0. The highest BCUT2D eigenvalue weighted by Crippen LogP contribution is 2.39. The first-order chi connectivity index (χ1) is 15.3. The molecule has 0 unspecified atom stereocenters. The van der Waals surface area contributed by atoms with Gasteiger partial charge >= 0.3 is 0 Å². The van der Waals surface area contributed by atoms with Crippen LogP contribution in [0.2, 0.25) is 0 Å². The molecule has 0 aliphatic heterocycles. The minimum atomic E-state index is -0.137. The van der Waals surface area contributed by atoms with E-state index in [4.69, 9.17) is 0 Å². The molecular weight excluding hydrogens is 379 g/mol. The quantitative estimate of drug-likeness (QED) is 0.373. The lowest BCUT2D eigenvalue weighted by molar-refractivity contribution is 0.263. The van der Waals surface area contributed by atoms with Crippen molar-refractivity contribution in [1.29, 1.82) is 0 Å². The van der Waals surface area contributed by atoms with E-state index in [1.807, 2.05) is 0 Å². The number of benzene rings is 2. The molecule has 0 heterocycles. The van der Waals surface area contributed by atoms with Crippen molar-refractivity contribution in [2.24, 2.45) is 11.8 Å². The van der Waals surface area contributed by atoms with Crippen LogP contribution in [0.1, 0.15) is 107 Å². The van der Waals surface area contributed by atoms with Gasteiger partial charge in [0.2, 0.25) is 0 Å². The summed E-state index contributed by atoms with van der Waals surface area (Å²) in [4.78, 5) is 0. The van der Waals surface area contributed by atoms with Crippen molar-refractivity contribution >= 4 is 0 Å². The Morgan fingerprint density at radius 3 is 1.48 bits per heavy atom. The fourth-order valence-corrected chi connectivity index (χ4v) is 6.01. The Hall–Kier alpha value is -1.63. The maximum Gasteiger partial charge on any atom is 0.0922 e. The Labute approximate surface area is 189 Å². The SMILES string of the molecule is CCCCC[C@H]1CC[C@H](c2ccc(-c3ccc([C@H]4CC[C@H](CF)CC4)cc3)cc2)CC1. The number of alkyl halides is 1. The van der Waals surface area contributed by atoms with E-state index in [-0.39, 0.29) is 6.67 Å². The maximum absolute atomic E-state index is 12.9. The van der Waals surface area contributed by atoms with Crippen LogP contribution < -0.4 is 0 Å². The molecule has 0 spiro atoms. The molecule has 1 heteroatoms. The van der Waals surface area contributed by atoms with Crippen LogP contribution in [0.5, 0.6) is 0 Å². The van der Waals surface area contributed by atoms with Crippen molar-refractivity contribution in [2.45, 2.75) is 95.8 Å². The first-order valence-electron chi connectivity index (χ1n) is 13.0. The van der Waals surface area contributed by atoms with Gasteiger partial charge in [-0.05, 0) is 97.3 Å². The lowest BCUT2D eigenvalue weighted by atomic mass is 9.77. The zero-order chi connectivity index (χ0) is 21.5. The number of unbranched alkanes of at least 4 members (excludes halogenated alkanes) is 2. The minimum absolute atomic E-state index is 0.137. The molecule has 0 saturated heterocycles. The highest BCUT2D eigenvalue weighted by molar-refractivity contribution is 5.64. The van der Waals surface area contributed by atoms with Crippen LogP contribution in [-0.2, 0) is 0 Å². The molecule has 0 atom stereocenters. The fourth-order valence-electron chi connectivity index (χ4n) is 6.01. The standard InChI is InChI=1S/C30H41F/c1-2-3-4-5-23-6-10-25(11-7-23)27-14-18-29(19-15-27)30-20-16-28(17-21-30)26-12-8-24(22-31)9-13-26/h14-21,23-26H,2-13,22H2,1H3/t23-,24-,25-,26-. The second-order valence-corrected chi connectivity index (χ2v) is 10.3. The normalized spacial score (nSPS) is 26.6. The third-order valence-electron chi connectivity index (χ3n) is 8.23. The molecule has 2 aliphatic carbocycles. The molecule has 4 rings (SSSR count). The molecule has 0 N–H and O–H groups in total. The lowest BCUT2D eigenvalue weighted by Crippen LogP contribution is -2.14. The average molecular weight is 421 g/mol. The second-order valence-electron chi connectivity index (χ2n) is 10.3. The molecule has 2 aromatic carbocycles. The van der Waals surface area contributed by atoms with Crippen molar-refractivity contribution in [1.82, 2.24) is 0 Å². The van der Waals surface area contributed by atoms with Crippen molar-refractivity contribution in [2.75, 3.05) is 6.67 Å². The predicted molar refractivity (Wildman–Crippen MR) is 131 cm³/mol. The Kier molecular flexibility index (Phi) is 8.22. The topological polar surface area (TPSA) is 0 Å². The Morgan fingerprint density at radius 1 is 0.613 bits per heavy atom. The third-order valence-corrected chi connectivity index (χ3v) is 8.23. The maximum atomic E-state index is 12.9. The van der Waals surface area contributed by atoms with Crippen LogP contribution in [0.25, 0.3) is 11.1 Å². The molecule has 2 saturated carbocycles. The average Bonchev–Trinajstić information content (AvgIpc) is 2.85. The molecule has 168 valence electrons. The Balaban J connectivity index is 1.30. The van der Waals surface area contributed by atoms with Gasteiger partial charge in [-0.25, -0.2) is 0 Å². The van der Waals surface area contributed by atoms with Gasteiger partial charge in [0.25, 0.3) is 0 Å². The van der Waals surface area contributed by atoms with Gasteiger partial charge in [0.05, 0.1) is 6.67 Å². The van der Waals surface area contributed by atoms with E-state index in [9.17, 15) is 4.39 Å². The number of hydrogen-bond donors (Lipinski definition) is 0. The molecule has 0 radical (unpaired) electrons. The molecule has 2 aromatic rings. The van der Waals surface area contributed by atoms with Gasteiger partial charge in [-0.15, -0.1) is 0 Å². The van der Waals surface area contributed by atoms with Crippen LogP contribution >= 0.6 is 0 Å². The Morgan fingerprint density at radius 2 is 1.06 bits per heavy atom. The van der Waals surface area contributed by atoms with Crippen LogP contribution in [0.4, 0.5) is 4.39 Å². The first-order valence-corrected chi connectivity index (χ1v) is 13.0. The van der Waals surface area contributed by atoms with Gasteiger partial charge in [0, 0.05) is 0 Å². The smallest absolute Gasteiger partial charge is 0.0922 e. The van der Waals surface area contributed by atoms with Crippen molar-refractivity contribution < 1.29 is 4.39 Å². The molecule has 0 bridgehead atoms. The van der Waals surface area contributed by atoms with Crippen molar-refractivity contribution in [3.05, 3.63) is 59.7 Å². The van der Waals surface area contributed by atoms with E-state index in [1.54, 1.807) is 0 Å². The van der Waals surface area contributed by atoms with Crippen LogP contribution in [0.3, 0.4) is 0 Å². The van der Waals surface area contributed by atoms with E-state index < -0.39 is 0 Å². The van der Waals surface area contributed by atoms with E-state index >= 15 is 0 Å². The molecule has 0 aromatic heterocycles. The summed E-state index contributed by atoms with van der Waals surface area (Å²) in [6, 6.07) is 18.6. The fraction of sp³-hybridized carbons (Fsp3) is 0.600. The second kappa shape index (κ2) is 11.3. The van der Waals surface area contributed by atoms with Gasteiger partial charge in [0.1, 0.15) is 0 Å². The molecule has 31 heavy (non-hydrogen) atoms. The van der Waals surface area contributed by atoms with Crippen molar-refractivity contribution in [3.63, 3.8) is 0 Å². The summed E-state index contributed by atoms with van der Waals surface area (Å²) in [6.45, 7) is 2.16. The van der Waals surface area contributed by atoms with Gasteiger partial charge < -0.3 is 0 Å². The van der Waals surface area contributed by atoms with E-state index in [0.717, 1.165) is 37.5 Å². The number of hydrogen-bond acceptors (Lipinski definition) is 0. The molecular formula is C30H41F. The summed E-state index contributed by atoms with van der Waals surface area (Å²) in [5.41, 5.74) is 5.61. The summed E-state index contributed by atoms with van der Waals surface area (Å²) < 4.78 is 12.9. The summed E-state index contributed by atoms with van der Waals surface area (Å²) in [6.07, 6.45) is 15.6. The first kappa shape index (κ1) is 22.6. The highest BCUT2D eigenvalue weighted by Gasteiger charge is 2.23. The molecule has 0 amide bonds. The van der Waals surface area contributed by atoms with E-state index in [0.29, 0.717) is 11.8 Å². The predicted octanol–water partition coefficient (Wildman–Crippen LogP) is 9.45. The summed E-state index contributed by atoms with van der Waals surface area (Å²) in [5.74, 6) is 2.67. The number of halogens is 1. The highest BCUT2D eigenvalue weighted by atomic mass is 19.1. The lowest BCUT2D eigenvalue weighted by Gasteiger charge is -2.29. The zero-order valence-corrected chi connectivity index (χ0v) is 19.5. The third kappa shape index (κ3) is 5.99. The minimum Gasteiger partial charge on any atom is -0.251 e. The summed E-state index contributed by atoms with van der Waals surface area (Å²) in [5, 5.41) is 0. The van der Waals surface area contributed by atoms with Gasteiger partial charge in [-0.2, -0.15) is 0 Å². The monoisotopic (exact) mass is 420 g/mol. The van der Waals surface area contributed by atoms with Crippen LogP contribution in [0.15, 0.2) is 48.5 Å². The zero-order valence-electron chi connectivity index (χ0n) is 19.5. The van der Waals surface area contributed by atoms with E-state index in [1.165, 1.54) is 73.6 Å². The van der Waals surface area contributed by atoms with Crippen LogP contribution in [-0.4, -0.2) is 6.67 Å². The van der Waals surface area contributed by atoms with Crippen LogP contribution in [0, 0.1) is 11.8 Å². The van der Waals surface area contributed by atoms with Crippen molar-refractivity contribution in [3.8, 4) is 11.1 Å². The number of rotatable bonds is 8. The van der Waals surface area contributed by atoms with Gasteiger partial charge in [-0.3, -0.25) is 4.39 Å². The van der Waals surface area contributed by atoms with Gasteiger partial charge in [0.15, 0.2) is 0 Å². The molecule has 2 fully saturated rings.